The van der Waals surface area contributed by atoms with Gasteiger partial charge < -0.3 is 9.84 Å². The van der Waals surface area contributed by atoms with E-state index in [1.54, 1.807) is 0 Å². The minimum absolute atomic E-state index is 0.336. The molecule has 0 heterocycles. The first kappa shape index (κ1) is 24.5. The van der Waals surface area contributed by atoms with Gasteiger partial charge in [-0.15, -0.1) is 0 Å². The number of ether oxygens (including phenoxy) is 1. The Kier molecular flexibility index (Phi) is 6.64. The number of alkyl halides is 6. The Balaban J connectivity index is 2.64. The zero-order chi connectivity index (χ0) is 23.8. The Labute approximate surface area is 173 Å². The summed E-state index contributed by atoms with van der Waals surface area (Å²) < 4.78 is 109. The van der Waals surface area contributed by atoms with Crippen molar-refractivity contribution in [3.8, 4) is 11.5 Å². The summed E-state index contributed by atoms with van der Waals surface area (Å²) in [4.78, 5) is 10.5. The number of benzene rings is 2. The summed E-state index contributed by atoms with van der Waals surface area (Å²) in [5, 5.41) is 9.06. The highest BCUT2D eigenvalue weighted by Crippen LogP contribution is 2.41. The van der Waals surface area contributed by atoms with Crippen molar-refractivity contribution in [2.24, 2.45) is 0 Å². The quantitative estimate of drug-likeness (QED) is 0.564. The highest BCUT2D eigenvalue weighted by Gasteiger charge is 2.37. The summed E-state index contributed by atoms with van der Waals surface area (Å²) in [6.45, 7) is 2.34. The van der Waals surface area contributed by atoms with Crippen molar-refractivity contribution in [1.29, 1.82) is 0 Å². The monoisotopic (exact) mass is 470 g/mol. The van der Waals surface area contributed by atoms with Crippen LogP contribution in [0.4, 0.5) is 26.3 Å². The molecule has 31 heavy (non-hydrogen) atoms. The molecule has 12 heteroatoms. The molecule has 0 saturated carbocycles. The summed E-state index contributed by atoms with van der Waals surface area (Å²) in [6.07, 6.45) is -9.99. The van der Waals surface area contributed by atoms with E-state index >= 15 is 0 Å². The van der Waals surface area contributed by atoms with Crippen molar-refractivity contribution in [2.75, 3.05) is 5.75 Å². The molecule has 0 aromatic heterocycles. The zero-order valence-corrected chi connectivity index (χ0v) is 16.8. The Morgan fingerprint density at radius 1 is 1.03 bits per heavy atom. The van der Waals surface area contributed by atoms with Crippen molar-refractivity contribution in [2.45, 2.75) is 37.0 Å². The largest absolute Gasteiger partial charge is 0.481 e. The molecule has 0 amide bonds. The summed E-state index contributed by atoms with van der Waals surface area (Å²) in [6, 6.07) is 3.74. The van der Waals surface area contributed by atoms with Crippen LogP contribution in [-0.2, 0) is 27.0 Å². The van der Waals surface area contributed by atoms with Gasteiger partial charge >= 0.3 is 18.3 Å². The zero-order valence-electron chi connectivity index (χ0n) is 16.0. The first-order chi connectivity index (χ1) is 14.1. The molecule has 0 aliphatic carbocycles. The van der Waals surface area contributed by atoms with Crippen LogP contribution >= 0.6 is 0 Å². The summed E-state index contributed by atoms with van der Waals surface area (Å²) in [5.74, 6) is -4.93. The van der Waals surface area contributed by atoms with Gasteiger partial charge in [-0.2, -0.15) is 26.3 Å². The number of hydrogen-bond donors (Lipinski definition) is 1. The minimum atomic E-state index is -5.08. The van der Waals surface area contributed by atoms with E-state index in [0.29, 0.717) is 24.3 Å². The third-order valence-electron chi connectivity index (χ3n) is 4.35. The summed E-state index contributed by atoms with van der Waals surface area (Å²) >= 11 is 0. The van der Waals surface area contributed by atoms with Crippen molar-refractivity contribution < 1.29 is 49.4 Å². The van der Waals surface area contributed by atoms with E-state index in [0.717, 1.165) is 19.1 Å². The van der Waals surface area contributed by atoms with Crippen molar-refractivity contribution in [3.05, 3.63) is 53.1 Å². The lowest BCUT2D eigenvalue weighted by molar-refractivity contribution is -0.140. The number of carboxylic acid groups (broad SMARTS) is 1. The average Bonchev–Trinajstić information content (AvgIpc) is 2.65. The van der Waals surface area contributed by atoms with Gasteiger partial charge in [0.2, 0.25) is 0 Å². The number of carboxylic acids is 1. The van der Waals surface area contributed by atoms with E-state index in [1.807, 2.05) is 0 Å². The Bertz CT molecular complexity index is 1090. The average molecular weight is 470 g/mol. The second-order valence-electron chi connectivity index (χ2n) is 6.51. The topological polar surface area (TPSA) is 80.7 Å². The molecule has 0 saturated heterocycles. The van der Waals surface area contributed by atoms with Crippen LogP contribution in [-0.4, -0.2) is 25.2 Å². The Morgan fingerprint density at radius 2 is 1.65 bits per heavy atom. The molecule has 0 spiro atoms. The summed E-state index contributed by atoms with van der Waals surface area (Å²) in [5.41, 5.74) is -3.16. The van der Waals surface area contributed by atoms with E-state index in [2.05, 4.69) is 0 Å². The number of carbonyl (C=O) groups is 1. The van der Waals surface area contributed by atoms with Gasteiger partial charge in [0.05, 0.1) is 27.7 Å². The number of sulfone groups is 1. The van der Waals surface area contributed by atoms with Gasteiger partial charge in [-0.3, -0.25) is 4.79 Å². The van der Waals surface area contributed by atoms with Crippen LogP contribution in [0.2, 0.25) is 0 Å². The lowest BCUT2D eigenvalue weighted by atomic mass is 9.98. The molecule has 0 bridgehead atoms. The van der Waals surface area contributed by atoms with Gasteiger partial charge in [-0.25, -0.2) is 8.42 Å². The third-order valence-corrected chi connectivity index (χ3v) is 6.08. The molecule has 1 unspecified atom stereocenters. The fourth-order valence-electron chi connectivity index (χ4n) is 2.54. The molecule has 2 aromatic rings. The number of aliphatic carboxylic acids is 1. The molecule has 1 N–H and O–H groups in total. The lowest BCUT2D eigenvalue weighted by Crippen LogP contribution is -2.12. The van der Waals surface area contributed by atoms with Gasteiger partial charge in [0.25, 0.3) is 0 Å². The van der Waals surface area contributed by atoms with E-state index in [4.69, 9.17) is 9.84 Å². The van der Waals surface area contributed by atoms with Gasteiger partial charge in [0.15, 0.2) is 9.84 Å². The lowest BCUT2D eigenvalue weighted by Gasteiger charge is -2.18. The van der Waals surface area contributed by atoms with E-state index in [1.165, 1.54) is 6.92 Å². The number of halogens is 6. The van der Waals surface area contributed by atoms with Crippen LogP contribution in [0.1, 0.15) is 36.5 Å². The molecule has 0 radical (unpaired) electrons. The minimum Gasteiger partial charge on any atom is -0.481 e. The van der Waals surface area contributed by atoms with Gasteiger partial charge in [-0.05, 0) is 48.9 Å². The van der Waals surface area contributed by atoms with E-state index < -0.39 is 67.4 Å². The van der Waals surface area contributed by atoms with Gasteiger partial charge in [0, 0.05) is 0 Å². The first-order valence-electron chi connectivity index (χ1n) is 8.63. The fraction of sp³-hybridized carbons (Fsp3) is 0.316. The van der Waals surface area contributed by atoms with Crippen LogP contribution in [0.3, 0.4) is 0 Å². The predicted octanol–water partition coefficient (Wildman–Crippen LogP) is 5.50. The molecular formula is C19H16F6O5S. The molecule has 1 atom stereocenters. The molecule has 2 aromatic carbocycles. The van der Waals surface area contributed by atoms with E-state index in [-0.39, 0.29) is 5.56 Å². The smallest absolute Gasteiger partial charge is 0.420 e. The van der Waals surface area contributed by atoms with Crippen LogP contribution in [0.15, 0.2) is 41.3 Å². The third kappa shape index (κ3) is 5.69. The second kappa shape index (κ2) is 8.40. The van der Waals surface area contributed by atoms with Gasteiger partial charge in [-0.1, -0.05) is 6.92 Å². The molecule has 5 nitrogen and oxygen atoms in total. The first-order valence-corrected chi connectivity index (χ1v) is 10.3. The van der Waals surface area contributed by atoms with Crippen LogP contribution in [0.5, 0.6) is 11.5 Å². The van der Waals surface area contributed by atoms with Crippen LogP contribution in [0.25, 0.3) is 0 Å². The predicted molar refractivity (Wildman–Crippen MR) is 96.7 cm³/mol. The molecule has 0 aliphatic heterocycles. The van der Waals surface area contributed by atoms with Crippen LogP contribution < -0.4 is 4.74 Å². The second-order valence-corrected chi connectivity index (χ2v) is 8.79. The fourth-order valence-corrected chi connectivity index (χ4v) is 3.45. The van der Waals surface area contributed by atoms with Crippen LogP contribution in [0, 0.1) is 0 Å². The number of rotatable bonds is 6. The highest BCUT2D eigenvalue weighted by molar-refractivity contribution is 7.91. The molecule has 0 fully saturated rings. The van der Waals surface area contributed by atoms with Crippen molar-refractivity contribution in [1.82, 2.24) is 0 Å². The van der Waals surface area contributed by atoms with E-state index in [9.17, 15) is 39.6 Å². The normalized spacial score (nSPS) is 13.7. The Morgan fingerprint density at radius 3 is 2.13 bits per heavy atom. The SMILES string of the molecule is CCS(=O)(=O)c1ccc(Oc2cc(C(C)C(=O)O)cc(C(F)(F)F)c2)c(C(F)(F)F)c1. The maximum Gasteiger partial charge on any atom is 0.420 e. The number of hydrogen-bond acceptors (Lipinski definition) is 4. The molecular weight excluding hydrogens is 454 g/mol. The standard InChI is InChI=1S/C19H16F6O5S/c1-3-31(28,29)14-4-5-16(15(9-14)19(23,24)25)30-13-7-11(10(2)17(26)27)6-12(8-13)18(20,21)22/h4-10H,3H2,1-2H3,(H,26,27). The van der Waals surface area contributed by atoms with Crippen molar-refractivity contribution in [3.63, 3.8) is 0 Å². The maximum atomic E-state index is 13.5. The summed E-state index contributed by atoms with van der Waals surface area (Å²) in [7, 11) is -3.99. The Hall–Kier alpha value is -2.76. The molecule has 170 valence electrons. The highest BCUT2D eigenvalue weighted by atomic mass is 32.2. The van der Waals surface area contributed by atoms with Crippen molar-refractivity contribution >= 4 is 15.8 Å². The maximum absolute atomic E-state index is 13.5. The molecule has 2 rings (SSSR count). The van der Waals surface area contributed by atoms with Gasteiger partial charge in [0.1, 0.15) is 11.5 Å². The molecule has 0 aliphatic rings.